The molecule has 1 aromatic carbocycles. The Morgan fingerprint density at radius 3 is 2.65 bits per heavy atom. The molecule has 0 aliphatic carbocycles. The zero-order valence-corrected chi connectivity index (χ0v) is 10.7. The van der Waals surface area contributed by atoms with Crippen molar-refractivity contribution in [2.24, 2.45) is 5.73 Å². The number of anilines is 1. The normalized spacial score (nSPS) is 20.0. The van der Waals surface area contributed by atoms with Gasteiger partial charge in [0.2, 0.25) is 0 Å². The van der Waals surface area contributed by atoms with Gasteiger partial charge in [0, 0.05) is 24.3 Å². The first-order valence-corrected chi connectivity index (χ1v) is 6.27. The van der Waals surface area contributed by atoms with E-state index in [1.165, 1.54) is 12.1 Å². The maximum atomic E-state index is 12.8. The maximum Gasteiger partial charge on any atom is 0.417 e. The summed E-state index contributed by atoms with van der Waals surface area (Å²) in [6, 6.07) is 3.56. The van der Waals surface area contributed by atoms with Crippen molar-refractivity contribution in [1.29, 1.82) is 5.41 Å². The number of halogens is 3. The summed E-state index contributed by atoms with van der Waals surface area (Å²) >= 11 is 0. The van der Waals surface area contributed by atoms with Gasteiger partial charge in [-0.25, -0.2) is 0 Å². The van der Waals surface area contributed by atoms with Crippen LogP contribution in [-0.2, 0) is 6.18 Å². The molecular weight excluding hydrogens is 271 g/mol. The highest BCUT2D eigenvalue weighted by atomic mass is 19.4. The number of aliphatic hydroxyl groups excluding tert-OH is 1. The minimum absolute atomic E-state index is 0.324. The molecule has 1 aliphatic rings. The van der Waals surface area contributed by atoms with Crippen LogP contribution in [0, 0.1) is 5.41 Å². The van der Waals surface area contributed by atoms with Crippen LogP contribution < -0.4 is 10.6 Å². The smallest absolute Gasteiger partial charge is 0.391 e. The number of benzene rings is 1. The van der Waals surface area contributed by atoms with Gasteiger partial charge >= 0.3 is 6.18 Å². The molecule has 1 aliphatic heterocycles. The third-order valence-electron chi connectivity index (χ3n) is 3.36. The van der Waals surface area contributed by atoms with E-state index in [4.69, 9.17) is 11.1 Å². The van der Waals surface area contributed by atoms with E-state index in [1.54, 1.807) is 4.90 Å². The van der Waals surface area contributed by atoms with E-state index < -0.39 is 23.7 Å². The van der Waals surface area contributed by atoms with Crippen molar-refractivity contribution in [1.82, 2.24) is 0 Å². The van der Waals surface area contributed by atoms with Gasteiger partial charge in [-0.15, -0.1) is 0 Å². The first kappa shape index (κ1) is 14.6. The molecule has 1 aromatic rings. The third kappa shape index (κ3) is 3.04. The Labute approximate surface area is 114 Å². The highest BCUT2D eigenvalue weighted by molar-refractivity contribution is 5.97. The number of hydrogen-bond acceptors (Lipinski definition) is 3. The number of piperidine rings is 1. The number of nitrogens with one attached hydrogen (secondary N) is 1. The van der Waals surface area contributed by atoms with E-state index in [1.807, 2.05) is 0 Å². The lowest BCUT2D eigenvalue weighted by Gasteiger charge is -2.32. The van der Waals surface area contributed by atoms with Crippen LogP contribution in [0.25, 0.3) is 0 Å². The molecule has 1 fully saturated rings. The van der Waals surface area contributed by atoms with Crippen molar-refractivity contribution >= 4 is 11.5 Å². The topological polar surface area (TPSA) is 73.3 Å². The zero-order valence-electron chi connectivity index (χ0n) is 10.7. The fourth-order valence-electron chi connectivity index (χ4n) is 2.39. The van der Waals surface area contributed by atoms with Crippen LogP contribution in [0.2, 0.25) is 0 Å². The Bertz CT molecular complexity index is 516. The lowest BCUT2D eigenvalue weighted by atomic mass is 10.0. The number of alkyl halides is 3. The molecule has 7 heteroatoms. The van der Waals surface area contributed by atoms with Gasteiger partial charge in [0.1, 0.15) is 5.84 Å². The molecule has 1 saturated heterocycles. The Balaban J connectivity index is 2.37. The van der Waals surface area contributed by atoms with E-state index >= 15 is 0 Å². The molecule has 0 bridgehead atoms. The summed E-state index contributed by atoms with van der Waals surface area (Å²) in [4.78, 5) is 1.81. The molecule has 1 heterocycles. The number of rotatable bonds is 2. The van der Waals surface area contributed by atoms with Crippen molar-refractivity contribution in [3.05, 3.63) is 29.3 Å². The molecule has 4 nitrogen and oxygen atoms in total. The fourth-order valence-corrected chi connectivity index (χ4v) is 2.39. The molecular formula is C13H16F3N3O. The molecule has 0 saturated carbocycles. The molecule has 1 unspecified atom stereocenters. The van der Waals surface area contributed by atoms with Gasteiger partial charge in [-0.2, -0.15) is 13.2 Å². The summed E-state index contributed by atoms with van der Waals surface area (Å²) in [5.74, 6) is -0.614. The van der Waals surface area contributed by atoms with E-state index in [2.05, 4.69) is 0 Å². The summed E-state index contributed by atoms with van der Waals surface area (Å²) in [6.07, 6.45) is -3.55. The zero-order chi connectivity index (χ0) is 14.9. The molecule has 20 heavy (non-hydrogen) atoms. The average Bonchev–Trinajstić information content (AvgIpc) is 2.37. The van der Waals surface area contributed by atoms with E-state index in [0.29, 0.717) is 25.2 Å². The molecule has 0 radical (unpaired) electrons. The van der Waals surface area contributed by atoms with Crippen molar-refractivity contribution in [3.63, 3.8) is 0 Å². The van der Waals surface area contributed by atoms with Crippen LogP contribution in [0.1, 0.15) is 24.0 Å². The van der Waals surface area contributed by atoms with Gasteiger partial charge in [0.05, 0.1) is 11.7 Å². The van der Waals surface area contributed by atoms with Crippen molar-refractivity contribution in [2.75, 3.05) is 18.0 Å². The Kier molecular flexibility index (Phi) is 3.89. The molecule has 1 atom stereocenters. The van der Waals surface area contributed by atoms with Gasteiger partial charge in [0.15, 0.2) is 0 Å². The molecule has 4 N–H and O–H groups in total. The van der Waals surface area contributed by atoms with Gasteiger partial charge in [-0.1, -0.05) is 0 Å². The predicted octanol–water partition coefficient (Wildman–Crippen LogP) is 1.95. The number of hydrogen-bond donors (Lipinski definition) is 3. The fraction of sp³-hybridized carbons (Fsp3) is 0.462. The van der Waals surface area contributed by atoms with E-state index in [9.17, 15) is 18.3 Å². The molecule has 0 aromatic heterocycles. The van der Waals surface area contributed by atoms with Gasteiger partial charge in [-0.3, -0.25) is 5.41 Å². The Morgan fingerprint density at radius 2 is 2.10 bits per heavy atom. The monoisotopic (exact) mass is 287 g/mol. The minimum Gasteiger partial charge on any atom is -0.391 e. The van der Waals surface area contributed by atoms with Crippen LogP contribution in [0.3, 0.4) is 0 Å². The van der Waals surface area contributed by atoms with Crippen LogP contribution >= 0.6 is 0 Å². The van der Waals surface area contributed by atoms with E-state index in [0.717, 1.165) is 12.5 Å². The minimum atomic E-state index is -4.54. The second-order valence-electron chi connectivity index (χ2n) is 4.88. The SMILES string of the molecule is N=C(N)c1cc(N2CCCC(O)C2)ccc1C(F)(F)F. The summed E-state index contributed by atoms with van der Waals surface area (Å²) in [7, 11) is 0. The Hall–Kier alpha value is -1.76. The van der Waals surface area contributed by atoms with Crippen LogP contribution in [-0.4, -0.2) is 30.1 Å². The summed E-state index contributed by atoms with van der Waals surface area (Å²) in [5.41, 5.74) is 4.56. The van der Waals surface area contributed by atoms with Crippen LogP contribution in [0.15, 0.2) is 18.2 Å². The van der Waals surface area contributed by atoms with Crippen molar-refractivity contribution in [3.8, 4) is 0 Å². The van der Waals surface area contributed by atoms with Crippen molar-refractivity contribution < 1.29 is 18.3 Å². The van der Waals surface area contributed by atoms with Gasteiger partial charge in [-0.05, 0) is 31.0 Å². The second-order valence-corrected chi connectivity index (χ2v) is 4.88. The molecule has 0 spiro atoms. The van der Waals surface area contributed by atoms with Crippen LogP contribution in [0.4, 0.5) is 18.9 Å². The number of amidine groups is 1. The van der Waals surface area contributed by atoms with Gasteiger partial charge in [0.25, 0.3) is 0 Å². The predicted molar refractivity (Wildman–Crippen MR) is 69.9 cm³/mol. The highest BCUT2D eigenvalue weighted by Gasteiger charge is 2.34. The van der Waals surface area contributed by atoms with Crippen molar-refractivity contribution in [2.45, 2.75) is 25.1 Å². The number of aliphatic hydroxyl groups is 1. The Morgan fingerprint density at radius 1 is 1.40 bits per heavy atom. The number of nitrogens with two attached hydrogens (primary N) is 1. The lowest BCUT2D eigenvalue weighted by molar-refractivity contribution is -0.137. The molecule has 0 amide bonds. The number of β-amino-alcohol motifs (C(OH)–C–C–N with tert-alkyl or cyclic N) is 1. The largest absolute Gasteiger partial charge is 0.417 e. The molecule has 2 rings (SSSR count). The quantitative estimate of drug-likeness (QED) is 0.575. The van der Waals surface area contributed by atoms with Crippen LogP contribution in [0.5, 0.6) is 0 Å². The maximum absolute atomic E-state index is 12.8. The highest BCUT2D eigenvalue weighted by Crippen LogP contribution is 2.34. The summed E-state index contributed by atoms with van der Waals surface area (Å²) in [5, 5.41) is 16.9. The molecule has 110 valence electrons. The second kappa shape index (κ2) is 5.32. The average molecular weight is 287 g/mol. The lowest BCUT2D eigenvalue weighted by Crippen LogP contribution is -2.38. The standard InChI is InChI=1S/C13H16F3N3O/c14-13(15,16)11-4-3-8(6-10(11)12(17)18)19-5-1-2-9(20)7-19/h3-4,6,9,20H,1-2,5,7H2,(H3,17,18). The third-order valence-corrected chi connectivity index (χ3v) is 3.36. The van der Waals surface area contributed by atoms with Gasteiger partial charge < -0.3 is 15.7 Å². The first-order chi connectivity index (χ1) is 9.29. The first-order valence-electron chi connectivity index (χ1n) is 6.27. The van der Waals surface area contributed by atoms with E-state index in [-0.39, 0.29) is 5.56 Å². The number of nitrogens with zero attached hydrogens (tertiary/aromatic N) is 1. The number of nitrogen functional groups attached to an aromatic ring is 1. The summed E-state index contributed by atoms with van der Waals surface area (Å²) < 4.78 is 38.5. The summed E-state index contributed by atoms with van der Waals surface area (Å²) in [6.45, 7) is 1.04.